The molecule has 0 unspecified atom stereocenters. The average Bonchev–Trinajstić information content (AvgIpc) is 2.70. The van der Waals surface area contributed by atoms with E-state index in [1.54, 1.807) is 26.8 Å². The summed E-state index contributed by atoms with van der Waals surface area (Å²) in [5, 5.41) is 16.0. The summed E-state index contributed by atoms with van der Waals surface area (Å²) in [6.07, 6.45) is -0.691. The number of ether oxygens (including phenoxy) is 3. The molecule has 2 aromatic carbocycles. The summed E-state index contributed by atoms with van der Waals surface area (Å²) >= 11 is 0. The number of rotatable bonds is 7. The second-order valence-electron chi connectivity index (χ2n) is 7.47. The highest BCUT2D eigenvalue weighted by molar-refractivity contribution is 5.97. The SMILES string of the molecule is COc1ccc(NC(=O)COC(=O)c2cccc(NC(=O)OC(C)(C)C)c2)c([N+](=O)[O-])c1. The molecule has 2 rings (SSSR count). The highest BCUT2D eigenvalue weighted by Gasteiger charge is 2.19. The number of methoxy groups -OCH3 is 1. The van der Waals surface area contributed by atoms with Crippen molar-refractivity contribution in [1.29, 1.82) is 0 Å². The van der Waals surface area contributed by atoms with Crippen LogP contribution in [0.15, 0.2) is 42.5 Å². The molecule has 2 N–H and O–H groups in total. The Balaban J connectivity index is 1.97. The van der Waals surface area contributed by atoms with Crippen LogP contribution in [0.2, 0.25) is 0 Å². The fraction of sp³-hybridized carbons (Fsp3) is 0.286. The summed E-state index contributed by atoms with van der Waals surface area (Å²) in [6, 6.07) is 9.78. The normalized spacial score (nSPS) is 10.6. The minimum absolute atomic E-state index is 0.0691. The Labute approximate surface area is 183 Å². The van der Waals surface area contributed by atoms with Gasteiger partial charge >= 0.3 is 12.1 Å². The molecule has 0 bridgehead atoms. The van der Waals surface area contributed by atoms with E-state index in [9.17, 15) is 24.5 Å². The van der Waals surface area contributed by atoms with Gasteiger partial charge < -0.3 is 19.5 Å². The first-order chi connectivity index (χ1) is 15.0. The Morgan fingerprint density at radius 3 is 2.41 bits per heavy atom. The molecule has 0 aliphatic heterocycles. The molecule has 11 heteroatoms. The van der Waals surface area contributed by atoms with Gasteiger partial charge in [0, 0.05) is 5.69 Å². The van der Waals surface area contributed by atoms with Crippen molar-refractivity contribution in [3.63, 3.8) is 0 Å². The molecular weight excluding hydrogens is 422 g/mol. The number of nitrogens with one attached hydrogen (secondary N) is 2. The first kappa shape index (κ1) is 24.1. The molecule has 0 saturated carbocycles. The third-order valence-corrected chi connectivity index (χ3v) is 3.75. The number of nitro groups is 1. The predicted molar refractivity (Wildman–Crippen MR) is 115 cm³/mol. The van der Waals surface area contributed by atoms with Gasteiger partial charge in [-0.25, -0.2) is 9.59 Å². The van der Waals surface area contributed by atoms with Gasteiger partial charge in [0.1, 0.15) is 17.0 Å². The number of carbonyl (C=O) groups is 3. The monoisotopic (exact) mass is 445 g/mol. The van der Waals surface area contributed by atoms with E-state index in [1.807, 2.05) is 0 Å². The van der Waals surface area contributed by atoms with Gasteiger partial charge in [-0.05, 0) is 51.1 Å². The predicted octanol–water partition coefficient (Wildman–Crippen LogP) is 3.75. The van der Waals surface area contributed by atoms with Gasteiger partial charge in [0.25, 0.3) is 11.6 Å². The zero-order valence-corrected chi connectivity index (χ0v) is 18.0. The number of carbonyl (C=O) groups excluding carboxylic acids is 3. The molecular formula is C21H23N3O8. The zero-order chi connectivity index (χ0) is 23.9. The van der Waals surface area contributed by atoms with Crippen molar-refractivity contribution in [3.8, 4) is 5.75 Å². The fourth-order valence-corrected chi connectivity index (χ4v) is 2.44. The Morgan fingerprint density at radius 1 is 1.06 bits per heavy atom. The van der Waals surface area contributed by atoms with Crippen LogP contribution in [0.1, 0.15) is 31.1 Å². The minimum Gasteiger partial charge on any atom is -0.496 e. The van der Waals surface area contributed by atoms with E-state index < -0.39 is 35.1 Å². The van der Waals surface area contributed by atoms with Gasteiger partial charge in [0.2, 0.25) is 0 Å². The van der Waals surface area contributed by atoms with Gasteiger partial charge in [-0.2, -0.15) is 0 Å². The topological polar surface area (TPSA) is 146 Å². The molecule has 170 valence electrons. The Bertz CT molecular complexity index is 1030. The Kier molecular flexibility index (Phi) is 7.72. The lowest BCUT2D eigenvalue weighted by atomic mass is 10.2. The van der Waals surface area contributed by atoms with Crippen molar-refractivity contribution >= 4 is 35.0 Å². The Morgan fingerprint density at radius 2 is 1.78 bits per heavy atom. The summed E-state index contributed by atoms with van der Waals surface area (Å²) in [4.78, 5) is 46.7. The second kappa shape index (κ2) is 10.2. The van der Waals surface area contributed by atoms with Gasteiger partial charge in [0.15, 0.2) is 6.61 Å². The van der Waals surface area contributed by atoms with Gasteiger partial charge in [-0.1, -0.05) is 6.07 Å². The number of amides is 2. The molecule has 0 radical (unpaired) electrons. The summed E-state index contributed by atoms with van der Waals surface area (Å²) in [7, 11) is 1.36. The lowest BCUT2D eigenvalue weighted by Crippen LogP contribution is -2.27. The lowest BCUT2D eigenvalue weighted by molar-refractivity contribution is -0.384. The smallest absolute Gasteiger partial charge is 0.412 e. The molecule has 32 heavy (non-hydrogen) atoms. The summed E-state index contributed by atoms with van der Waals surface area (Å²) in [6.45, 7) is 4.47. The molecule has 2 amide bonds. The van der Waals surface area contributed by atoms with Crippen molar-refractivity contribution in [2.75, 3.05) is 24.4 Å². The third-order valence-electron chi connectivity index (χ3n) is 3.75. The van der Waals surface area contributed by atoms with Gasteiger partial charge in [-0.3, -0.25) is 20.2 Å². The quantitative estimate of drug-likeness (QED) is 0.372. The van der Waals surface area contributed by atoms with Gasteiger partial charge in [-0.15, -0.1) is 0 Å². The largest absolute Gasteiger partial charge is 0.496 e. The van der Waals surface area contributed by atoms with E-state index in [0.717, 1.165) is 6.07 Å². The number of nitrogens with zero attached hydrogens (tertiary/aromatic N) is 1. The van der Waals surface area contributed by atoms with Crippen LogP contribution in [0.25, 0.3) is 0 Å². The van der Waals surface area contributed by atoms with Crippen molar-refractivity contribution in [2.24, 2.45) is 0 Å². The maximum atomic E-state index is 12.3. The molecule has 0 heterocycles. The van der Waals surface area contributed by atoms with Crippen molar-refractivity contribution < 1.29 is 33.5 Å². The van der Waals surface area contributed by atoms with E-state index in [4.69, 9.17) is 14.2 Å². The number of hydrogen-bond acceptors (Lipinski definition) is 8. The van der Waals surface area contributed by atoms with Crippen LogP contribution in [0.4, 0.5) is 21.9 Å². The van der Waals surface area contributed by atoms with Gasteiger partial charge in [0.05, 0.1) is 23.7 Å². The lowest BCUT2D eigenvalue weighted by Gasteiger charge is -2.19. The van der Waals surface area contributed by atoms with Crippen molar-refractivity contribution in [2.45, 2.75) is 26.4 Å². The molecule has 0 saturated heterocycles. The van der Waals surface area contributed by atoms with E-state index in [0.29, 0.717) is 5.69 Å². The van der Waals surface area contributed by atoms with E-state index in [-0.39, 0.29) is 22.7 Å². The maximum absolute atomic E-state index is 12.3. The first-order valence-electron chi connectivity index (χ1n) is 9.38. The molecule has 11 nitrogen and oxygen atoms in total. The van der Waals surface area contributed by atoms with E-state index in [1.165, 1.54) is 37.4 Å². The summed E-state index contributed by atoms with van der Waals surface area (Å²) < 4.78 is 15.0. The summed E-state index contributed by atoms with van der Waals surface area (Å²) in [5.41, 5.74) is -0.744. The maximum Gasteiger partial charge on any atom is 0.412 e. The van der Waals surface area contributed by atoms with Crippen LogP contribution in [-0.2, 0) is 14.3 Å². The third kappa shape index (κ3) is 7.27. The van der Waals surface area contributed by atoms with Crippen molar-refractivity contribution in [3.05, 3.63) is 58.1 Å². The molecule has 0 aromatic heterocycles. The minimum atomic E-state index is -0.822. The second-order valence-corrected chi connectivity index (χ2v) is 7.47. The molecule has 0 atom stereocenters. The van der Waals surface area contributed by atoms with Crippen LogP contribution >= 0.6 is 0 Å². The van der Waals surface area contributed by atoms with Crippen LogP contribution in [0.5, 0.6) is 5.75 Å². The summed E-state index contributed by atoms with van der Waals surface area (Å²) in [5.74, 6) is -1.34. The number of hydrogen-bond donors (Lipinski definition) is 2. The molecule has 2 aromatic rings. The molecule has 0 aliphatic rings. The number of benzene rings is 2. The van der Waals surface area contributed by atoms with Crippen LogP contribution in [-0.4, -0.2) is 42.2 Å². The highest BCUT2D eigenvalue weighted by atomic mass is 16.6. The van der Waals surface area contributed by atoms with E-state index >= 15 is 0 Å². The van der Waals surface area contributed by atoms with Crippen molar-refractivity contribution in [1.82, 2.24) is 0 Å². The van der Waals surface area contributed by atoms with Crippen LogP contribution in [0.3, 0.4) is 0 Å². The molecule has 0 aliphatic carbocycles. The number of anilines is 2. The number of esters is 1. The molecule has 0 spiro atoms. The Hall–Kier alpha value is -4.15. The molecule has 0 fully saturated rings. The number of nitro benzene ring substituents is 1. The fourth-order valence-electron chi connectivity index (χ4n) is 2.44. The van der Waals surface area contributed by atoms with Crippen LogP contribution in [0, 0.1) is 10.1 Å². The standard InChI is InChI=1S/C21H23N3O8/c1-21(2,3)32-20(27)22-14-7-5-6-13(10-14)19(26)31-12-18(25)23-16-9-8-15(30-4)11-17(16)24(28)29/h5-11H,12H2,1-4H3,(H,22,27)(H,23,25). The van der Waals surface area contributed by atoms with Crippen LogP contribution < -0.4 is 15.4 Å². The average molecular weight is 445 g/mol. The first-order valence-corrected chi connectivity index (χ1v) is 9.38. The zero-order valence-electron chi connectivity index (χ0n) is 18.0. The highest BCUT2D eigenvalue weighted by Crippen LogP contribution is 2.28. The van der Waals surface area contributed by atoms with E-state index in [2.05, 4.69) is 10.6 Å².